The fourth-order valence-corrected chi connectivity index (χ4v) is 2.65. The molecule has 0 aliphatic carbocycles. The van der Waals surface area contributed by atoms with Gasteiger partial charge in [-0.2, -0.15) is 0 Å². The molecule has 1 amide bonds. The molecular formula is C19H21FN2O3. The lowest BCUT2D eigenvalue weighted by molar-refractivity contribution is -0.142. The molecule has 1 aromatic carbocycles. The molecule has 132 valence electrons. The minimum absolute atomic E-state index is 0.0375. The van der Waals surface area contributed by atoms with Crippen LogP contribution in [0.2, 0.25) is 0 Å². The Bertz CT molecular complexity index is 760. The molecule has 1 aliphatic rings. The van der Waals surface area contributed by atoms with Crippen molar-refractivity contribution in [1.29, 1.82) is 0 Å². The summed E-state index contributed by atoms with van der Waals surface area (Å²) in [6.07, 6.45) is 0.557. The summed E-state index contributed by atoms with van der Waals surface area (Å²) in [4.78, 5) is 18.2. The van der Waals surface area contributed by atoms with Crippen LogP contribution in [0.1, 0.15) is 18.3 Å². The smallest absolute Gasteiger partial charge is 0.260 e. The van der Waals surface area contributed by atoms with E-state index in [-0.39, 0.29) is 24.4 Å². The average Bonchev–Trinajstić information content (AvgIpc) is 2.57. The van der Waals surface area contributed by atoms with Gasteiger partial charge in [-0.3, -0.25) is 9.78 Å². The van der Waals surface area contributed by atoms with Crippen LogP contribution in [0.3, 0.4) is 0 Å². The Kier molecular flexibility index (Phi) is 5.16. The zero-order valence-electron chi connectivity index (χ0n) is 14.4. The van der Waals surface area contributed by atoms with Gasteiger partial charge < -0.3 is 14.4 Å². The summed E-state index contributed by atoms with van der Waals surface area (Å²) < 4.78 is 24.7. The maximum atomic E-state index is 13.5. The van der Waals surface area contributed by atoms with Crippen molar-refractivity contribution >= 4 is 5.91 Å². The van der Waals surface area contributed by atoms with Gasteiger partial charge in [-0.25, -0.2) is 4.39 Å². The SMILES string of the molecule is CCc1nc(C)ccc1OCC(=O)N1CC(Oc2ccccc2F)C1. The molecule has 2 heterocycles. The number of halogens is 1. The van der Waals surface area contributed by atoms with E-state index in [2.05, 4.69) is 4.98 Å². The van der Waals surface area contributed by atoms with E-state index in [4.69, 9.17) is 9.47 Å². The number of hydrogen-bond acceptors (Lipinski definition) is 4. The third kappa shape index (κ3) is 4.07. The summed E-state index contributed by atoms with van der Waals surface area (Å²) in [6.45, 7) is 4.75. The van der Waals surface area contributed by atoms with Crippen LogP contribution < -0.4 is 9.47 Å². The fraction of sp³-hybridized carbons (Fsp3) is 0.368. The van der Waals surface area contributed by atoms with Crippen molar-refractivity contribution in [3.63, 3.8) is 0 Å². The predicted molar refractivity (Wildman–Crippen MR) is 91.2 cm³/mol. The van der Waals surface area contributed by atoms with Gasteiger partial charge in [-0.1, -0.05) is 19.1 Å². The number of rotatable bonds is 6. The lowest BCUT2D eigenvalue weighted by Crippen LogP contribution is -2.57. The standard InChI is InChI=1S/C19H21FN2O3/c1-3-16-18(9-8-13(2)21-16)24-12-19(23)22-10-14(11-22)25-17-7-5-4-6-15(17)20/h4-9,14H,3,10-12H2,1-2H3. The van der Waals surface area contributed by atoms with E-state index in [1.165, 1.54) is 6.07 Å². The summed E-state index contributed by atoms with van der Waals surface area (Å²) >= 11 is 0. The highest BCUT2D eigenvalue weighted by Crippen LogP contribution is 2.22. The van der Waals surface area contributed by atoms with Crippen molar-refractivity contribution in [2.45, 2.75) is 26.4 Å². The van der Waals surface area contributed by atoms with Crippen LogP contribution >= 0.6 is 0 Å². The number of aryl methyl sites for hydroxylation is 2. The van der Waals surface area contributed by atoms with Crippen LogP contribution in [-0.4, -0.2) is 41.6 Å². The first kappa shape index (κ1) is 17.2. The first-order valence-corrected chi connectivity index (χ1v) is 8.35. The minimum Gasteiger partial charge on any atom is -0.484 e. The van der Waals surface area contributed by atoms with Gasteiger partial charge in [-0.05, 0) is 37.6 Å². The number of carbonyl (C=O) groups excluding carboxylic acids is 1. The van der Waals surface area contributed by atoms with Crippen LogP contribution in [0, 0.1) is 12.7 Å². The van der Waals surface area contributed by atoms with Gasteiger partial charge in [-0.15, -0.1) is 0 Å². The van der Waals surface area contributed by atoms with E-state index in [0.717, 1.165) is 17.8 Å². The molecule has 0 atom stereocenters. The quantitative estimate of drug-likeness (QED) is 0.809. The van der Waals surface area contributed by atoms with Crippen LogP contribution in [0.4, 0.5) is 4.39 Å². The van der Waals surface area contributed by atoms with Gasteiger partial charge in [0.1, 0.15) is 11.9 Å². The minimum atomic E-state index is -0.394. The second-order valence-corrected chi connectivity index (χ2v) is 6.01. The Hall–Kier alpha value is -2.63. The van der Waals surface area contributed by atoms with E-state index in [0.29, 0.717) is 18.8 Å². The third-order valence-electron chi connectivity index (χ3n) is 4.09. The first-order chi connectivity index (χ1) is 12.1. The molecule has 25 heavy (non-hydrogen) atoms. The second-order valence-electron chi connectivity index (χ2n) is 6.01. The summed E-state index contributed by atoms with van der Waals surface area (Å²) in [7, 11) is 0. The van der Waals surface area contributed by atoms with Gasteiger partial charge in [0.15, 0.2) is 18.2 Å². The lowest BCUT2D eigenvalue weighted by atomic mass is 10.1. The molecule has 0 radical (unpaired) electrons. The van der Waals surface area contributed by atoms with Crippen molar-refractivity contribution in [2.24, 2.45) is 0 Å². The number of benzene rings is 1. The lowest BCUT2D eigenvalue weighted by Gasteiger charge is -2.38. The Morgan fingerprint density at radius 3 is 2.72 bits per heavy atom. The average molecular weight is 344 g/mol. The Labute approximate surface area is 146 Å². The molecule has 0 spiro atoms. The van der Waals surface area contributed by atoms with Crippen LogP contribution in [0.5, 0.6) is 11.5 Å². The number of carbonyl (C=O) groups is 1. The number of likely N-dealkylation sites (tertiary alicyclic amines) is 1. The van der Waals surface area contributed by atoms with Gasteiger partial charge in [0.2, 0.25) is 0 Å². The van der Waals surface area contributed by atoms with Crippen LogP contribution in [0.25, 0.3) is 0 Å². The number of aromatic nitrogens is 1. The molecule has 5 nitrogen and oxygen atoms in total. The molecule has 0 unspecified atom stereocenters. The zero-order chi connectivity index (χ0) is 17.8. The van der Waals surface area contributed by atoms with Gasteiger partial charge >= 0.3 is 0 Å². The number of ether oxygens (including phenoxy) is 2. The highest BCUT2D eigenvalue weighted by Gasteiger charge is 2.32. The first-order valence-electron chi connectivity index (χ1n) is 8.35. The monoisotopic (exact) mass is 344 g/mol. The predicted octanol–water partition coefficient (Wildman–Crippen LogP) is 2.76. The van der Waals surface area contributed by atoms with Crippen molar-refractivity contribution in [2.75, 3.05) is 19.7 Å². The highest BCUT2D eigenvalue weighted by atomic mass is 19.1. The molecule has 1 saturated heterocycles. The van der Waals surface area contributed by atoms with Crippen molar-refractivity contribution in [1.82, 2.24) is 9.88 Å². The number of amides is 1. The Morgan fingerprint density at radius 2 is 2.00 bits per heavy atom. The van der Waals surface area contributed by atoms with E-state index in [1.807, 2.05) is 26.0 Å². The molecule has 6 heteroatoms. The van der Waals surface area contributed by atoms with Gasteiger partial charge in [0, 0.05) is 5.69 Å². The Balaban J connectivity index is 1.47. The topological polar surface area (TPSA) is 51.7 Å². The van der Waals surface area contributed by atoms with Crippen molar-refractivity contribution < 1.29 is 18.7 Å². The molecule has 2 aromatic rings. The molecular weight excluding hydrogens is 323 g/mol. The van der Waals surface area contributed by atoms with Crippen LogP contribution in [-0.2, 0) is 11.2 Å². The van der Waals surface area contributed by atoms with E-state index >= 15 is 0 Å². The summed E-state index contributed by atoms with van der Waals surface area (Å²) in [5.41, 5.74) is 1.77. The molecule has 1 aliphatic heterocycles. The van der Waals surface area contributed by atoms with E-state index < -0.39 is 5.82 Å². The zero-order valence-corrected chi connectivity index (χ0v) is 14.4. The molecule has 1 fully saturated rings. The van der Waals surface area contributed by atoms with Crippen molar-refractivity contribution in [3.8, 4) is 11.5 Å². The largest absolute Gasteiger partial charge is 0.484 e. The molecule has 0 bridgehead atoms. The molecule has 0 N–H and O–H groups in total. The molecule has 0 saturated carbocycles. The molecule has 3 rings (SSSR count). The third-order valence-corrected chi connectivity index (χ3v) is 4.09. The number of hydrogen-bond donors (Lipinski definition) is 0. The summed E-state index contributed by atoms with van der Waals surface area (Å²) in [5.74, 6) is 0.348. The van der Waals surface area contributed by atoms with E-state index in [9.17, 15) is 9.18 Å². The summed E-state index contributed by atoms with van der Waals surface area (Å²) in [6, 6.07) is 9.97. The van der Waals surface area contributed by atoms with E-state index in [1.54, 1.807) is 23.1 Å². The second kappa shape index (κ2) is 7.51. The van der Waals surface area contributed by atoms with Gasteiger partial charge in [0.25, 0.3) is 5.91 Å². The highest BCUT2D eigenvalue weighted by molar-refractivity contribution is 5.78. The Morgan fingerprint density at radius 1 is 1.24 bits per heavy atom. The normalized spacial score (nSPS) is 14.1. The number of pyridine rings is 1. The number of nitrogens with zero attached hydrogens (tertiary/aromatic N) is 2. The van der Waals surface area contributed by atoms with Crippen molar-refractivity contribution in [3.05, 3.63) is 53.6 Å². The van der Waals surface area contributed by atoms with Gasteiger partial charge in [0.05, 0.1) is 18.8 Å². The molecule has 1 aromatic heterocycles. The maximum absolute atomic E-state index is 13.5. The maximum Gasteiger partial charge on any atom is 0.260 e. The number of para-hydroxylation sites is 1. The summed E-state index contributed by atoms with van der Waals surface area (Å²) in [5, 5.41) is 0. The van der Waals surface area contributed by atoms with Crippen LogP contribution in [0.15, 0.2) is 36.4 Å². The fourth-order valence-electron chi connectivity index (χ4n) is 2.65.